The Morgan fingerprint density at radius 2 is 1.58 bits per heavy atom. The van der Waals surface area contributed by atoms with Crippen LogP contribution in [0.25, 0.3) is 51.4 Å². The smallest absolute Gasteiger partial charge is 0.330 e. The average Bonchev–Trinajstić information content (AvgIpc) is 3.54. The number of esters is 1. The number of carbonyl (C=O) groups excluding carboxylic acids is 1. The second-order valence-electron chi connectivity index (χ2n) is 8.34. The van der Waals surface area contributed by atoms with Crippen LogP contribution in [0.4, 0.5) is 0 Å². The number of nitrogens with one attached hydrogen (secondary N) is 1. The minimum absolute atomic E-state index is 0.389. The van der Waals surface area contributed by atoms with Gasteiger partial charge in [-0.25, -0.2) is 9.78 Å². The number of imidazole rings is 1. The molecule has 0 radical (unpaired) electrons. The van der Waals surface area contributed by atoms with E-state index in [0.29, 0.717) is 11.8 Å². The number of H-pyrrole nitrogens is 1. The van der Waals surface area contributed by atoms with Gasteiger partial charge in [0.2, 0.25) is 11.8 Å². The highest BCUT2D eigenvalue weighted by atomic mass is 16.5. The quantitative estimate of drug-likeness (QED) is 0.243. The summed E-state index contributed by atoms with van der Waals surface area (Å²) in [7, 11) is 2.98. The lowest BCUT2D eigenvalue weighted by Gasteiger charge is -2.09. The van der Waals surface area contributed by atoms with Crippen molar-refractivity contribution in [2.24, 2.45) is 0 Å². The SMILES string of the molecule is COC(=O)/C=C/c1cc(C)c(-c2nc3ccc(-c4nnc(-c5ccc(OC)cc5)o4)cc3[nH]2)c(C)c1. The van der Waals surface area contributed by atoms with Crippen molar-refractivity contribution in [3.63, 3.8) is 0 Å². The Morgan fingerprint density at radius 3 is 2.25 bits per heavy atom. The van der Waals surface area contributed by atoms with E-state index in [1.165, 1.54) is 13.2 Å². The van der Waals surface area contributed by atoms with Gasteiger partial charge >= 0.3 is 5.97 Å². The molecule has 0 aliphatic carbocycles. The summed E-state index contributed by atoms with van der Waals surface area (Å²) < 4.78 is 15.8. The number of methoxy groups -OCH3 is 2. The molecular formula is C28H24N4O4. The lowest BCUT2D eigenvalue weighted by atomic mass is 9.98. The topological polar surface area (TPSA) is 103 Å². The predicted octanol–water partition coefficient (Wildman–Crippen LogP) is 5.76. The van der Waals surface area contributed by atoms with Crippen molar-refractivity contribution in [2.45, 2.75) is 13.8 Å². The molecule has 8 heteroatoms. The first kappa shape index (κ1) is 23.0. The van der Waals surface area contributed by atoms with Gasteiger partial charge in [-0.05, 0) is 79.1 Å². The number of ether oxygens (including phenoxy) is 2. The maximum absolute atomic E-state index is 11.4. The summed E-state index contributed by atoms with van der Waals surface area (Å²) in [6, 6.07) is 17.3. The molecule has 2 aromatic heterocycles. The van der Waals surface area contributed by atoms with Crippen LogP contribution in [0, 0.1) is 13.8 Å². The maximum atomic E-state index is 11.4. The van der Waals surface area contributed by atoms with Crippen LogP contribution in [0.2, 0.25) is 0 Å². The van der Waals surface area contributed by atoms with Crippen LogP contribution in [0.15, 0.2) is 65.1 Å². The molecule has 0 amide bonds. The summed E-state index contributed by atoms with van der Waals surface area (Å²) in [6.45, 7) is 4.05. The van der Waals surface area contributed by atoms with Gasteiger partial charge in [-0.2, -0.15) is 0 Å². The van der Waals surface area contributed by atoms with E-state index in [0.717, 1.165) is 56.0 Å². The third kappa shape index (κ3) is 4.48. The first-order valence-electron chi connectivity index (χ1n) is 11.3. The fraction of sp³-hybridized carbons (Fsp3) is 0.143. The molecule has 0 saturated carbocycles. The number of hydrogen-bond acceptors (Lipinski definition) is 7. The zero-order valence-corrected chi connectivity index (χ0v) is 20.3. The summed E-state index contributed by atoms with van der Waals surface area (Å²) in [5.41, 5.74) is 7.32. The summed E-state index contributed by atoms with van der Waals surface area (Å²) >= 11 is 0. The minimum atomic E-state index is -0.389. The van der Waals surface area contributed by atoms with Gasteiger partial charge in [-0.1, -0.05) is 12.1 Å². The molecule has 3 aromatic carbocycles. The number of fused-ring (bicyclic) bond motifs is 1. The van der Waals surface area contributed by atoms with Crippen molar-refractivity contribution >= 4 is 23.1 Å². The molecular weight excluding hydrogens is 456 g/mol. The fourth-order valence-electron chi connectivity index (χ4n) is 4.15. The molecule has 0 unspecified atom stereocenters. The summed E-state index contributed by atoms with van der Waals surface area (Å²) in [5, 5.41) is 8.43. The van der Waals surface area contributed by atoms with E-state index < -0.39 is 0 Å². The number of benzene rings is 3. The lowest BCUT2D eigenvalue weighted by molar-refractivity contribution is -0.134. The zero-order valence-electron chi connectivity index (χ0n) is 20.3. The van der Waals surface area contributed by atoms with Gasteiger partial charge in [0.1, 0.15) is 11.6 Å². The molecule has 0 aliphatic heterocycles. The molecule has 1 N–H and O–H groups in total. The van der Waals surface area contributed by atoms with Crippen molar-refractivity contribution < 1.29 is 18.7 Å². The molecule has 0 bridgehead atoms. The number of hydrogen-bond donors (Lipinski definition) is 1. The number of aromatic amines is 1. The molecule has 0 spiro atoms. The molecule has 5 rings (SSSR count). The summed E-state index contributed by atoms with van der Waals surface area (Å²) in [4.78, 5) is 19.7. The summed E-state index contributed by atoms with van der Waals surface area (Å²) in [6.07, 6.45) is 3.15. The Bertz CT molecular complexity index is 1570. The second-order valence-corrected chi connectivity index (χ2v) is 8.34. The molecule has 0 atom stereocenters. The first-order valence-corrected chi connectivity index (χ1v) is 11.3. The van der Waals surface area contributed by atoms with E-state index in [-0.39, 0.29) is 5.97 Å². The number of nitrogens with zero attached hydrogens (tertiary/aromatic N) is 3. The molecule has 8 nitrogen and oxygen atoms in total. The first-order chi connectivity index (χ1) is 17.4. The Morgan fingerprint density at radius 1 is 0.917 bits per heavy atom. The molecule has 36 heavy (non-hydrogen) atoms. The molecule has 0 aliphatic rings. The molecule has 180 valence electrons. The van der Waals surface area contributed by atoms with Crippen LogP contribution < -0.4 is 4.74 Å². The van der Waals surface area contributed by atoms with E-state index in [9.17, 15) is 4.79 Å². The van der Waals surface area contributed by atoms with Crippen LogP contribution in [0.5, 0.6) is 5.75 Å². The van der Waals surface area contributed by atoms with E-state index in [1.54, 1.807) is 13.2 Å². The van der Waals surface area contributed by atoms with Crippen molar-refractivity contribution in [1.29, 1.82) is 0 Å². The van der Waals surface area contributed by atoms with E-state index in [1.807, 2.05) is 68.4 Å². The number of carbonyl (C=O) groups is 1. The third-order valence-electron chi connectivity index (χ3n) is 5.90. The van der Waals surface area contributed by atoms with E-state index >= 15 is 0 Å². The normalized spacial score (nSPS) is 11.3. The highest BCUT2D eigenvalue weighted by Crippen LogP contribution is 2.31. The minimum Gasteiger partial charge on any atom is -0.497 e. The van der Waals surface area contributed by atoms with Gasteiger partial charge in [-0.15, -0.1) is 10.2 Å². The van der Waals surface area contributed by atoms with Crippen LogP contribution in [0.1, 0.15) is 16.7 Å². The molecule has 2 heterocycles. The largest absolute Gasteiger partial charge is 0.497 e. The van der Waals surface area contributed by atoms with E-state index in [4.69, 9.17) is 14.1 Å². The van der Waals surface area contributed by atoms with Gasteiger partial charge < -0.3 is 18.9 Å². The molecule has 0 saturated heterocycles. The van der Waals surface area contributed by atoms with Gasteiger partial charge in [0, 0.05) is 22.8 Å². The highest BCUT2D eigenvalue weighted by molar-refractivity contribution is 5.88. The monoisotopic (exact) mass is 480 g/mol. The van der Waals surface area contributed by atoms with Crippen LogP contribution in [0.3, 0.4) is 0 Å². The lowest BCUT2D eigenvalue weighted by Crippen LogP contribution is -1.94. The number of rotatable bonds is 6. The van der Waals surface area contributed by atoms with Crippen LogP contribution in [-0.2, 0) is 9.53 Å². The van der Waals surface area contributed by atoms with Crippen molar-refractivity contribution in [3.8, 4) is 40.0 Å². The molecule has 0 fully saturated rings. The standard InChI is InChI=1S/C28H24N4O4/c1-16-13-18(5-12-24(33)35-4)14-17(2)25(16)26-29-22-11-8-20(15-23(22)30-26)28-32-31-27(36-28)19-6-9-21(34-3)10-7-19/h5-15H,1-4H3,(H,29,30)/b12-5+. The van der Waals surface area contributed by atoms with Crippen molar-refractivity contribution in [1.82, 2.24) is 20.2 Å². The van der Waals surface area contributed by atoms with Gasteiger partial charge in [0.15, 0.2) is 0 Å². The number of aromatic nitrogens is 4. The van der Waals surface area contributed by atoms with Crippen molar-refractivity contribution in [3.05, 3.63) is 77.4 Å². The van der Waals surface area contributed by atoms with Gasteiger partial charge in [0.25, 0.3) is 0 Å². The Balaban J connectivity index is 1.45. The Hall–Kier alpha value is -4.72. The average molecular weight is 481 g/mol. The highest BCUT2D eigenvalue weighted by Gasteiger charge is 2.15. The van der Waals surface area contributed by atoms with Crippen molar-refractivity contribution in [2.75, 3.05) is 14.2 Å². The second kappa shape index (κ2) is 9.50. The van der Waals surface area contributed by atoms with E-state index in [2.05, 4.69) is 19.9 Å². The molecule has 5 aromatic rings. The van der Waals surface area contributed by atoms with Gasteiger partial charge in [0.05, 0.1) is 25.3 Å². The predicted molar refractivity (Wildman–Crippen MR) is 137 cm³/mol. The maximum Gasteiger partial charge on any atom is 0.330 e. The Labute approximate surface area is 207 Å². The summed E-state index contributed by atoms with van der Waals surface area (Å²) in [5.74, 6) is 2.00. The van der Waals surface area contributed by atoms with Gasteiger partial charge in [-0.3, -0.25) is 0 Å². The van der Waals surface area contributed by atoms with Crippen LogP contribution in [-0.4, -0.2) is 40.4 Å². The zero-order chi connectivity index (χ0) is 25.2. The van der Waals surface area contributed by atoms with Crippen LogP contribution >= 0.6 is 0 Å². The number of aryl methyl sites for hydroxylation is 2. The third-order valence-corrected chi connectivity index (χ3v) is 5.90. The fourth-order valence-corrected chi connectivity index (χ4v) is 4.15. The Kier molecular flexibility index (Phi) is 6.08.